The highest BCUT2D eigenvalue weighted by molar-refractivity contribution is 5.81. The minimum absolute atomic E-state index is 0.0888. The molecule has 116 valence electrons. The van der Waals surface area contributed by atoms with Crippen LogP contribution in [-0.2, 0) is 16.0 Å². The van der Waals surface area contributed by atoms with Crippen molar-refractivity contribution < 1.29 is 19.8 Å². The van der Waals surface area contributed by atoms with Crippen molar-refractivity contribution in [2.75, 3.05) is 6.54 Å². The smallest absolute Gasteiger partial charge is 0.303 e. The Hall–Kier alpha value is -2.08. The number of carbonyl (C=O) groups is 2. The van der Waals surface area contributed by atoms with Gasteiger partial charge in [-0.3, -0.25) is 9.59 Å². The van der Waals surface area contributed by atoms with Crippen LogP contribution in [0.5, 0.6) is 5.75 Å². The zero-order chi connectivity index (χ0) is 15.8. The summed E-state index contributed by atoms with van der Waals surface area (Å²) in [4.78, 5) is 22.3. The second-order valence-electron chi connectivity index (χ2n) is 5.26. The molecular weight excluding hydrogens is 272 g/mol. The van der Waals surface area contributed by atoms with Crippen LogP contribution in [0, 0.1) is 5.92 Å². The zero-order valence-electron chi connectivity index (χ0n) is 12.1. The number of carboxylic acid groups (broad SMARTS) is 1. The number of rotatable bonds is 8. The van der Waals surface area contributed by atoms with Gasteiger partial charge in [0.15, 0.2) is 0 Å². The van der Waals surface area contributed by atoms with E-state index in [1.54, 1.807) is 24.3 Å². The Morgan fingerprint density at radius 3 is 2.48 bits per heavy atom. The van der Waals surface area contributed by atoms with E-state index >= 15 is 0 Å². The van der Waals surface area contributed by atoms with Crippen molar-refractivity contribution in [3.8, 4) is 5.75 Å². The number of hydrogen-bond acceptors (Lipinski definition) is 4. The molecule has 0 saturated heterocycles. The maximum absolute atomic E-state index is 11.9. The molecule has 0 heterocycles. The standard InChI is InChI=1S/C15H22N2O4/c1-10(2-7-14(19)20)9-17-15(21)13(16)8-11-3-5-12(18)6-4-11/h3-6,10,13,18H,2,7-9,16H2,1H3,(H,17,21)(H,19,20)/t10?,13-/m1/s1. The van der Waals surface area contributed by atoms with Crippen molar-refractivity contribution in [2.24, 2.45) is 11.7 Å². The summed E-state index contributed by atoms with van der Waals surface area (Å²) in [6.07, 6.45) is 0.995. The summed E-state index contributed by atoms with van der Waals surface area (Å²) in [7, 11) is 0. The van der Waals surface area contributed by atoms with Crippen LogP contribution < -0.4 is 11.1 Å². The predicted molar refractivity (Wildman–Crippen MR) is 78.8 cm³/mol. The van der Waals surface area contributed by atoms with Crippen molar-refractivity contribution in [1.82, 2.24) is 5.32 Å². The number of phenols is 1. The summed E-state index contributed by atoms with van der Waals surface area (Å²) in [5.74, 6) is -0.836. The van der Waals surface area contributed by atoms with Gasteiger partial charge in [0, 0.05) is 13.0 Å². The van der Waals surface area contributed by atoms with Crippen LogP contribution in [0.25, 0.3) is 0 Å². The Morgan fingerprint density at radius 2 is 1.90 bits per heavy atom. The van der Waals surface area contributed by atoms with Gasteiger partial charge in [-0.25, -0.2) is 0 Å². The molecule has 0 spiro atoms. The molecule has 0 aromatic heterocycles. The van der Waals surface area contributed by atoms with Crippen molar-refractivity contribution >= 4 is 11.9 Å². The fraction of sp³-hybridized carbons (Fsp3) is 0.467. The van der Waals surface area contributed by atoms with E-state index in [4.69, 9.17) is 10.8 Å². The van der Waals surface area contributed by atoms with Gasteiger partial charge in [-0.15, -0.1) is 0 Å². The van der Waals surface area contributed by atoms with Crippen LogP contribution in [0.3, 0.4) is 0 Å². The van der Waals surface area contributed by atoms with Crippen molar-refractivity contribution in [3.05, 3.63) is 29.8 Å². The molecule has 0 aliphatic heterocycles. The monoisotopic (exact) mass is 294 g/mol. The van der Waals surface area contributed by atoms with Gasteiger partial charge >= 0.3 is 5.97 Å². The lowest BCUT2D eigenvalue weighted by Crippen LogP contribution is -2.43. The maximum Gasteiger partial charge on any atom is 0.303 e. The van der Waals surface area contributed by atoms with Crippen LogP contribution in [-0.4, -0.2) is 34.7 Å². The number of phenolic OH excluding ortho intramolecular Hbond substituents is 1. The van der Waals surface area contributed by atoms with E-state index < -0.39 is 12.0 Å². The summed E-state index contributed by atoms with van der Waals surface area (Å²) >= 11 is 0. The van der Waals surface area contributed by atoms with E-state index in [2.05, 4.69) is 5.32 Å². The van der Waals surface area contributed by atoms with Crippen LogP contribution in [0.4, 0.5) is 0 Å². The highest BCUT2D eigenvalue weighted by Gasteiger charge is 2.15. The number of nitrogens with two attached hydrogens (primary N) is 1. The fourth-order valence-corrected chi connectivity index (χ4v) is 1.86. The van der Waals surface area contributed by atoms with Crippen molar-refractivity contribution in [2.45, 2.75) is 32.2 Å². The molecular formula is C15H22N2O4. The first-order valence-electron chi connectivity index (χ1n) is 6.91. The Morgan fingerprint density at radius 1 is 1.29 bits per heavy atom. The molecule has 0 fully saturated rings. The quantitative estimate of drug-likeness (QED) is 0.568. The first-order valence-corrected chi connectivity index (χ1v) is 6.91. The number of benzene rings is 1. The SMILES string of the molecule is CC(CCC(=O)O)CNC(=O)[C@H](N)Cc1ccc(O)cc1. The van der Waals surface area contributed by atoms with Gasteiger partial charge in [-0.2, -0.15) is 0 Å². The fourth-order valence-electron chi connectivity index (χ4n) is 1.86. The van der Waals surface area contributed by atoms with E-state index in [9.17, 15) is 14.7 Å². The Kier molecular flexibility index (Phi) is 6.68. The predicted octanol–water partition coefficient (Wildman–Crippen LogP) is 0.879. The molecule has 2 atom stereocenters. The number of nitrogens with one attached hydrogen (secondary N) is 1. The highest BCUT2D eigenvalue weighted by Crippen LogP contribution is 2.11. The summed E-state index contributed by atoms with van der Waals surface area (Å²) < 4.78 is 0. The molecule has 1 rings (SSSR count). The molecule has 5 N–H and O–H groups in total. The van der Waals surface area contributed by atoms with Gasteiger partial charge in [0.05, 0.1) is 6.04 Å². The third-order valence-electron chi connectivity index (χ3n) is 3.20. The Labute approximate surface area is 124 Å². The van der Waals surface area contributed by atoms with Gasteiger partial charge in [0.25, 0.3) is 0 Å². The molecule has 0 radical (unpaired) electrons. The largest absolute Gasteiger partial charge is 0.508 e. The lowest BCUT2D eigenvalue weighted by molar-refractivity contribution is -0.137. The lowest BCUT2D eigenvalue weighted by atomic mass is 10.0. The molecule has 0 aliphatic rings. The summed E-state index contributed by atoms with van der Waals surface area (Å²) in [6.45, 7) is 2.30. The molecule has 0 bridgehead atoms. The minimum Gasteiger partial charge on any atom is -0.508 e. The van der Waals surface area contributed by atoms with Gasteiger partial charge in [0.2, 0.25) is 5.91 Å². The Bertz CT molecular complexity index is 473. The number of hydrogen-bond donors (Lipinski definition) is 4. The van der Waals surface area contributed by atoms with Crippen LogP contribution in [0.2, 0.25) is 0 Å². The molecule has 0 saturated carbocycles. The molecule has 1 unspecified atom stereocenters. The normalized spacial score (nSPS) is 13.4. The molecule has 21 heavy (non-hydrogen) atoms. The van der Waals surface area contributed by atoms with Crippen molar-refractivity contribution in [1.29, 1.82) is 0 Å². The first kappa shape index (κ1) is 17.0. The van der Waals surface area contributed by atoms with Crippen molar-refractivity contribution in [3.63, 3.8) is 0 Å². The second-order valence-corrected chi connectivity index (χ2v) is 5.26. The maximum atomic E-state index is 11.9. The van der Waals surface area contributed by atoms with E-state index in [1.165, 1.54) is 0 Å². The van der Waals surface area contributed by atoms with Crippen LogP contribution >= 0.6 is 0 Å². The van der Waals surface area contributed by atoms with Gasteiger partial charge in [-0.1, -0.05) is 19.1 Å². The third kappa shape index (κ3) is 6.76. The molecule has 0 aliphatic carbocycles. The lowest BCUT2D eigenvalue weighted by Gasteiger charge is -2.15. The van der Waals surface area contributed by atoms with E-state index in [0.29, 0.717) is 19.4 Å². The number of amides is 1. The highest BCUT2D eigenvalue weighted by atomic mass is 16.4. The molecule has 6 nitrogen and oxygen atoms in total. The summed E-state index contributed by atoms with van der Waals surface area (Å²) in [5, 5.41) is 20.5. The third-order valence-corrected chi connectivity index (χ3v) is 3.20. The molecule has 1 amide bonds. The van der Waals surface area contributed by atoms with Gasteiger partial charge < -0.3 is 21.3 Å². The average molecular weight is 294 g/mol. The summed E-state index contributed by atoms with van der Waals surface area (Å²) in [5.41, 5.74) is 6.70. The zero-order valence-corrected chi connectivity index (χ0v) is 12.1. The summed E-state index contributed by atoms with van der Waals surface area (Å²) in [6, 6.07) is 5.87. The average Bonchev–Trinajstić information content (AvgIpc) is 2.44. The molecule has 1 aromatic rings. The number of aromatic hydroxyl groups is 1. The topological polar surface area (TPSA) is 113 Å². The minimum atomic E-state index is -0.836. The molecule has 6 heteroatoms. The second kappa shape index (κ2) is 8.26. The first-order chi connectivity index (χ1) is 9.88. The number of carboxylic acids is 1. The van der Waals surface area contributed by atoms with Gasteiger partial charge in [-0.05, 0) is 36.5 Å². The number of carbonyl (C=O) groups excluding carboxylic acids is 1. The number of aliphatic carboxylic acids is 1. The van der Waals surface area contributed by atoms with Crippen LogP contribution in [0.1, 0.15) is 25.3 Å². The van der Waals surface area contributed by atoms with Crippen LogP contribution in [0.15, 0.2) is 24.3 Å². The molecule has 1 aromatic carbocycles. The van der Waals surface area contributed by atoms with E-state index in [0.717, 1.165) is 5.56 Å². The van der Waals surface area contributed by atoms with E-state index in [1.807, 2.05) is 6.92 Å². The van der Waals surface area contributed by atoms with E-state index in [-0.39, 0.29) is 24.0 Å². The van der Waals surface area contributed by atoms with Gasteiger partial charge in [0.1, 0.15) is 5.75 Å². The Balaban J connectivity index is 2.34.